The summed E-state index contributed by atoms with van der Waals surface area (Å²) in [5.41, 5.74) is -1.58. The van der Waals surface area contributed by atoms with Crippen LogP contribution in [0.4, 0.5) is 4.79 Å². The third kappa shape index (κ3) is 3.59. The number of aromatic nitrogens is 2. The largest absolute Gasteiger partial charge is 0.505 e. The Hall–Kier alpha value is -2.21. The first-order valence-corrected chi connectivity index (χ1v) is 6.67. The number of aromatic amines is 1. The highest BCUT2D eigenvalue weighted by Gasteiger charge is 2.43. The Morgan fingerprint density at radius 1 is 1.35 bits per heavy atom. The fourth-order valence-corrected chi connectivity index (χ4v) is 2.25. The van der Waals surface area contributed by atoms with Gasteiger partial charge >= 0.3 is 11.8 Å². The van der Waals surface area contributed by atoms with Crippen molar-refractivity contribution in [1.29, 1.82) is 0 Å². The summed E-state index contributed by atoms with van der Waals surface area (Å²) < 4.78 is 10.4. The Kier molecular flexibility index (Phi) is 5.15. The first kappa shape index (κ1) is 17.1. The van der Waals surface area contributed by atoms with Crippen LogP contribution in [-0.2, 0) is 15.9 Å². The van der Waals surface area contributed by atoms with Crippen molar-refractivity contribution in [2.75, 3.05) is 13.2 Å². The number of H-pyrrole nitrogens is 1. The third-order valence-corrected chi connectivity index (χ3v) is 3.43. The van der Waals surface area contributed by atoms with Crippen molar-refractivity contribution >= 4 is 6.16 Å². The standard InChI is InChI=1S/C12H16N2O9/c15-4-6-7(16)8(17)10(23-6)14-3-5(1-2-22-12(20)21)9(18)13-11(14)19/h3,6-8,10,15-17H,1-2,4H2,(H,20,21)(H,13,18,19)/t6-,7?,8?,10-/m0/s1. The van der Waals surface area contributed by atoms with Gasteiger partial charge in [-0.15, -0.1) is 0 Å². The summed E-state index contributed by atoms with van der Waals surface area (Å²) in [7, 11) is 0. The van der Waals surface area contributed by atoms with Crippen LogP contribution in [0.3, 0.4) is 0 Å². The van der Waals surface area contributed by atoms with Gasteiger partial charge in [0.05, 0.1) is 13.2 Å². The third-order valence-electron chi connectivity index (χ3n) is 3.43. The van der Waals surface area contributed by atoms with Crippen LogP contribution >= 0.6 is 0 Å². The molecule has 5 N–H and O–H groups in total. The van der Waals surface area contributed by atoms with Gasteiger partial charge in [0.15, 0.2) is 6.23 Å². The number of aliphatic hydroxyl groups is 3. The molecule has 4 atom stereocenters. The van der Waals surface area contributed by atoms with E-state index >= 15 is 0 Å². The van der Waals surface area contributed by atoms with E-state index in [2.05, 4.69) is 4.74 Å². The minimum atomic E-state index is -1.50. The second kappa shape index (κ2) is 6.91. The number of carbonyl (C=O) groups is 1. The van der Waals surface area contributed by atoms with Gasteiger partial charge in [-0.05, 0) is 0 Å². The Bertz CT molecular complexity index is 682. The van der Waals surface area contributed by atoms with Crippen molar-refractivity contribution in [3.63, 3.8) is 0 Å². The lowest BCUT2D eigenvalue weighted by Crippen LogP contribution is -2.39. The van der Waals surface area contributed by atoms with Gasteiger partial charge in [-0.2, -0.15) is 0 Å². The summed E-state index contributed by atoms with van der Waals surface area (Å²) in [6.45, 7) is -0.862. The lowest BCUT2D eigenvalue weighted by atomic mass is 10.1. The molecule has 0 radical (unpaired) electrons. The van der Waals surface area contributed by atoms with Crippen molar-refractivity contribution in [2.45, 2.75) is 31.0 Å². The zero-order chi connectivity index (χ0) is 17.1. The first-order chi connectivity index (χ1) is 10.8. The minimum Gasteiger partial charge on any atom is -0.450 e. The maximum absolute atomic E-state index is 11.9. The Morgan fingerprint density at radius 3 is 2.61 bits per heavy atom. The first-order valence-electron chi connectivity index (χ1n) is 6.67. The normalized spacial score (nSPS) is 27.1. The molecule has 23 heavy (non-hydrogen) atoms. The Morgan fingerprint density at radius 2 is 2.04 bits per heavy atom. The molecule has 1 saturated heterocycles. The number of rotatable bonds is 5. The van der Waals surface area contributed by atoms with E-state index in [0.717, 1.165) is 10.8 Å². The van der Waals surface area contributed by atoms with Gasteiger partial charge in [0.2, 0.25) is 0 Å². The summed E-state index contributed by atoms with van der Waals surface area (Å²) in [6.07, 6.45) is -5.78. The molecular weight excluding hydrogens is 316 g/mol. The van der Waals surface area contributed by atoms with Gasteiger partial charge in [-0.25, -0.2) is 9.59 Å². The molecular formula is C12H16N2O9. The summed E-state index contributed by atoms with van der Waals surface area (Å²) in [5, 5.41) is 37.0. The molecule has 0 saturated carbocycles. The van der Waals surface area contributed by atoms with Gasteiger partial charge in [-0.1, -0.05) is 0 Å². The molecule has 2 unspecified atom stereocenters. The fourth-order valence-electron chi connectivity index (χ4n) is 2.25. The molecule has 1 fully saturated rings. The van der Waals surface area contributed by atoms with E-state index in [0.29, 0.717) is 0 Å². The molecule has 0 aliphatic carbocycles. The lowest BCUT2D eigenvalue weighted by Gasteiger charge is -2.17. The number of ether oxygens (including phenoxy) is 2. The summed E-state index contributed by atoms with van der Waals surface area (Å²) in [4.78, 5) is 35.8. The van der Waals surface area contributed by atoms with Crippen molar-refractivity contribution in [1.82, 2.24) is 9.55 Å². The molecule has 0 bridgehead atoms. The van der Waals surface area contributed by atoms with Crippen molar-refractivity contribution in [3.05, 3.63) is 32.6 Å². The zero-order valence-electron chi connectivity index (χ0n) is 11.8. The Balaban J connectivity index is 2.27. The average Bonchev–Trinajstić information content (AvgIpc) is 2.77. The van der Waals surface area contributed by atoms with E-state index in [-0.39, 0.29) is 18.6 Å². The SMILES string of the molecule is O=C(O)OCCc1cn([C@H]2O[C@@H](CO)C(O)C2O)c(=O)[nH]c1=O. The van der Waals surface area contributed by atoms with Gasteiger partial charge in [0, 0.05) is 18.2 Å². The highest BCUT2D eigenvalue weighted by molar-refractivity contribution is 5.56. The van der Waals surface area contributed by atoms with Crippen LogP contribution in [0.1, 0.15) is 11.8 Å². The zero-order valence-corrected chi connectivity index (χ0v) is 11.8. The van der Waals surface area contributed by atoms with Crippen LogP contribution in [-0.4, -0.2) is 67.7 Å². The second-order valence-electron chi connectivity index (χ2n) is 4.91. The van der Waals surface area contributed by atoms with E-state index in [1.54, 1.807) is 0 Å². The van der Waals surface area contributed by atoms with Gasteiger partial charge in [0.1, 0.15) is 18.3 Å². The minimum absolute atomic E-state index is 0.0311. The topological polar surface area (TPSA) is 171 Å². The molecule has 0 amide bonds. The maximum atomic E-state index is 11.9. The number of hydrogen-bond donors (Lipinski definition) is 5. The van der Waals surface area contributed by atoms with Gasteiger partial charge < -0.3 is 29.9 Å². The number of nitrogens with one attached hydrogen (secondary N) is 1. The molecule has 0 spiro atoms. The number of carboxylic acid groups (broad SMARTS) is 1. The summed E-state index contributed by atoms with van der Waals surface area (Å²) in [6, 6.07) is 0. The fraction of sp³-hybridized carbons (Fsp3) is 0.583. The smallest absolute Gasteiger partial charge is 0.450 e. The van der Waals surface area contributed by atoms with Crippen LogP contribution in [0.15, 0.2) is 15.8 Å². The van der Waals surface area contributed by atoms with E-state index in [9.17, 15) is 24.6 Å². The van der Waals surface area contributed by atoms with E-state index < -0.39 is 48.6 Å². The summed E-state index contributed by atoms with van der Waals surface area (Å²) >= 11 is 0. The van der Waals surface area contributed by atoms with Crippen molar-refractivity contribution in [3.8, 4) is 0 Å². The highest BCUT2D eigenvalue weighted by Crippen LogP contribution is 2.27. The van der Waals surface area contributed by atoms with Crippen LogP contribution in [0.25, 0.3) is 0 Å². The van der Waals surface area contributed by atoms with Crippen LogP contribution < -0.4 is 11.2 Å². The molecule has 128 valence electrons. The van der Waals surface area contributed by atoms with Crippen LogP contribution in [0.2, 0.25) is 0 Å². The molecule has 1 aromatic heterocycles. The maximum Gasteiger partial charge on any atom is 0.505 e. The van der Waals surface area contributed by atoms with E-state index in [1.807, 2.05) is 4.98 Å². The molecule has 2 rings (SSSR count). The van der Waals surface area contributed by atoms with Gasteiger partial charge in [0.25, 0.3) is 5.56 Å². The van der Waals surface area contributed by atoms with E-state index in [1.165, 1.54) is 0 Å². The quantitative estimate of drug-likeness (QED) is 0.362. The molecule has 1 aromatic rings. The highest BCUT2D eigenvalue weighted by atomic mass is 16.7. The lowest BCUT2D eigenvalue weighted by molar-refractivity contribution is -0.0551. The molecule has 0 aromatic carbocycles. The van der Waals surface area contributed by atoms with Crippen LogP contribution in [0.5, 0.6) is 0 Å². The average molecular weight is 332 g/mol. The van der Waals surface area contributed by atoms with Crippen molar-refractivity contribution < 1.29 is 34.7 Å². The molecule has 1 aliphatic rings. The Labute approximate surface area is 128 Å². The number of nitrogens with zero attached hydrogens (tertiary/aromatic N) is 1. The monoisotopic (exact) mass is 332 g/mol. The van der Waals surface area contributed by atoms with Crippen LogP contribution in [0, 0.1) is 0 Å². The predicted molar refractivity (Wildman–Crippen MR) is 72.0 cm³/mol. The van der Waals surface area contributed by atoms with Crippen molar-refractivity contribution in [2.24, 2.45) is 0 Å². The number of hydrogen-bond acceptors (Lipinski definition) is 8. The number of aliphatic hydroxyl groups excluding tert-OH is 3. The summed E-state index contributed by atoms with van der Waals surface area (Å²) in [5.74, 6) is 0. The molecule has 11 nitrogen and oxygen atoms in total. The predicted octanol–water partition coefficient (Wildman–Crippen LogP) is -2.61. The molecule has 2 heterocycles. The molecule has 1 aliphatic heterocycles. The van der Waals surface area contributed by atoms with Gasteiger partial charge in [-0.3, -0.25) is 14.3 Å². The van der Waals surface area contributed by atoms with E-state index in [4.69, 9.17) is 14.9 Å². The molecule has 11 heteroatoms. The second-order valence-corrected chi connectivity index (χ2v) is 4.91.